The number of amides is 1. The van der Waals surface area contributed by atoms with Crippen molar-refractivity contribution in [3.8, 4) is 11.5 Å². The van der Waals surface area contributed by atoms with Gasteiger partial charge in [-0.25, -0.2) is 24.1 Å². The highest BCUT2D eigenvalue weighted by molar-refractivity contribution is 5.68. The molecule has 1 aliphatic rings. The molecule has 3 aromatic heterocycles. The van der Waals surface area contributed by atoms with Gasteiger partial charge in [0.05, 0.1) is 11.1 Å². The molecule has 0 aliphatic heterocycles. The molecule has 0 unspecified atom stereocenters. The van der Waals surface area contributed by atoms with Gasteiger partial charge in [-0.1, -0.05) is 0 Å². The van der Waals surface area contributed by atoms with Crippen molar-refractivity contribution < 1.29 is 18.8 Å². The lowest BCUT2D eigenvalue weighted by molar-refractivity contribution is -0.384. The van der Waals surface area contributed by atoms with Crippen LogP contribution in [0.3, 0.4) is 0 Å². The molecule has 0 bridgehead atoms. The smallest absolute Gasteiger partial charge is 0.410 e. The molecule has 186 valence electrons. The molecular formula is C23H28FN7O4. The van der Waals surface area contributed by atoms with Crippen LogP contribution in [-0.4, -0.2) is 60.0 Å². The largest absolute Gasteiger partial charge is 0.444 e. The summed E-state index contributed by atoms with van der Waals surface area (Å²) in [6.45, 7) is 5.48. The van der Waals surface area contributed by atoms with Crippen LogP contribution < -0.4 is 5.32 Å². The Bertz CT molecular complexity index is 1250. The molecule has 0 spiro atoms. The second-order valence-corrected chi connectivity index (χ2v) is 9.64. The van der Waals surface area contributed by atoms with E-state index in [4.69, 9.17) is 4.74 Å². The van der Waals surface area contributed by atoms with Crippen LogP contribution in [0.5, 0.6) is 0 Å². The molecule has 4 rings (SSSR count). The Balaban J connectivity index is 1.50. The SMILES string of the molecule is CN(C(=O)OC(C)(C)C)C1CCC(Nc2nc(-c3cnc4ccc(F)cn34)ncc2[N+](=O)[O-])CC1. The van der Waals surface area contributed by atoms with Crippen molar-refractivity contribution in [1.29, 1.82) is 0 Å². The fourth-order valence-electron chi connectivity index (χ4n) is 4.14. The van der Waals surface area contributed by atoms with Gasteiger partial charge in [0, 0.05) is 25.3 Å². The lowest BCUT2D eigenvalue weighted by atomic mass is 9.90. The Morgan fingerprint density at radius 1 is 1.23 bits per heavy atom. The van der Waals surface area contributed by atoms with Gasteiger partial charge in [0.15, 0.2) is 5.82 Å². The van der Waals surface area contributed by atoms with E-state index in [2.05, 4.69) is 20.3 Å². The molecule has 0 radical (unpaired) electrons. The number of aromatic nitrogens is 4. The number of hydrogen-bond donors (Lipinski definition) is 1. The van der Waals surface area contributed by atoms with E-state index >= 15 is 0 Å². The molecule has 0 aromatic carbocycles. The van der Waals surface area contributed by atoms with Gasteiger partial charge in [0.1, 0.15) is 29.0 Å². The summed E-state index contributed by atoms with van der Waals surface area (Å²) in [6, 6.07) is 2.77. The van der Waals surface area contributed by atoms with Crippen molar-refractivity contribution in [3.05, 3.63) is 46.7 Å². The molecular weight excluding hydrogens is 457 g/mol. The van der Waals surface area contributed by atoms with Gasteiger partial charge in [0.25, 0.3) is 0 Å². The number of pyridine rings is 1. The second kappa shape index (κ2) is 9.43. The number of nitro groups is 1. The molecule has 0 atom stereocenters. The summed E-state index contributed by atoms with van der Waals surface area (Å²) in [4.78, 5) is 37.8. The Morgan fingerprint density at radius 2 is 1.94 bits per heavy atom. The number of anilines is 1. The van der Waals surface area contributed by atoms with E-state index in [0.29, 0.717) is 37.0 Å². The first-order valence-electron chi connectivity index (χ1n) is 11.4. The maximum absolute atomic E-state index is 13.8. The number of nitrogens with zero attached hydrogens (tertiary/aromatic N) is 6. The zero-order chi connectivity index (χ0) is 25.3. The van der Waals surface area contributed by atoms with Crippen molar-refractivity contribution >= 4 is 23.2 Å². The second-order valence-electron chi connectivity index (χ2n) is 9.64. The van der Waals surface area contributed by atoms with Crippen LogP contribution in [0.4, 0.5) is 20.7 Å². The highest BCUT2D eigenvalue weighted by atomic mass is 19.1. The summed E-state index contributed by atoms with van der Waals surface area (Å²) in [5, 5.41) is 14.8. The van der Waals surface area contributed by atoms with Crippen LogP contribution >= 0.6 is 0 Å². The lowest BCUT2D eigenvalue weighted by Gasteiger charge is -2.35. The van der Waals surface area contributed by atoms with Gasteiger partial charge in [-0.3, -0.25) is 14.5 Å². The van der Waals surface area contributed by atoms with Gasteiger partial charge >= 0.3 is 11.8 Å². The van der Waals surface area contributed by atoms with Crippen LogP contribution in [0.25, 0.3) is 17.2 Å². The molecule has 1 fully saturated rings. The first kappa shape index (κ1) is 24.3. The van der Waals surface area contributed by atoms with E-state index in [1.54, 1.807) is 11.9 Å². The molecule has 1 saturated carbocycles. The van der Waals surface area contributed by atoms with Crippen LogP contribution in [0.15, 0.2) is 30.7 Å². The number of ether oxygens (including phenoxy) is 1. The van der Waals surface area contributed by atoms with Crippen molar-refractivity contribution in [2.45, 2.75) is 64.1 Å². The van der Waals surface area contributed by atoms with E-state index in [0.717, 1.165) is 6.20 Å². The van der Waals surface area contributed by atoms with Crippen LogP contribution in [-0.2, 0) is 4.74 Å². The maximum atomic E-state index is 13.8. The normalized spacial score (nSPS) is 18.3. The Kier molecular flexibility index (Phi) is 6.55. The highest BCUT2D eigenvalue weighted by Gasteiger charge is 2.30. The predicted octanol–water partition coefficient (Wildman–Crippen LogP) is 4.43. The zero-order valence-corrected chi connectivity index (χ0v) is 20.1. The first-order chi connectivity index (χ1) is 16.5. The standard InChI is InChI=1S/C23H28FN7O4/c1-23(2,3)35-22(32)29(4)16-8-6-15(7-9-16)27-21-18(31(33)34)12-26-20(28-21)17-11-25-19-10-5-14(24)13-30(17)19/h5,10-13,15-16H,6-9H2,1-4H3,(H,26,27,28). The minimum Gasteiger partial charge on any atom is -0.444 e. The quantitative estimate of drug-likeness (QED) is 0.415. The summed E-state index contributed by atoms with van der Waals surface area (Å²) >= 11 is 0. The molecule has 1 amide bonds. The third-order valence-electron chi connectivity index (χ3n) is 5.93. The Labute approximate surface area is 201 Å². The number of imidazole rings is 1. The van der Waals surface area contributed by atoms with Gasteiger partial charge in [-0.05, 0) is 58.6 Å². The molecule has 0 saturated heterocycles. The van der Waals surface area contributed by atoms with Gasteiger partial charge in [-0.15, -0.1) is 0 Å². The lowest BCUT2D eigenvalue weighted by Crippen LogP contribution is -2.43. The average molecular weight is 486 g/mol. The summed E-state index contributed by atoms with van der Waals surface area (Å²) < 4.78 is 20.7. The number of carbonyl (C=O) groups excluding carboxylic acids is 1. The number of nitrogens with one attached hydrogen (secondary N) is 1. The van der Waals surface area contributed by atoms with Gasteiger partial charge in [-0.2, -0.15) is 0 Å². The monoisotopic (exact) mass is 485 g/mol. The summed E-state index contributed by atoms with van der Waals surface area (Å²) in [6.07, 6.45) is 6.34. The number of halogens is 1. The van der Waals surface area contributed by atoms with Gasteiger partial charge < -0.3 is 15.0 Å². The van der Waals surface area contributed by atoms with E-state index in [1.165, 1.54) is 28.9 Å². The molecule has 35 heavy (non-hydrogen) atoms. The summed E-state index contributed by atoms with van der Waals surface area (Å²) in [5.74, 6) is -0.171. The molecule has 1 aliphatic carbocycles. The fourth-order valence-corrected chi connectivity index (χ4v) is 4.14. The minimum absolute atomic E-state index is 0.0203. The third-order valence-corrected chi connectivity index (χ3v) is 5.93. The molecule has 11 nitrogen and oxygen atoms in total. The first-order valence-corrected chi connectivity index (χ1v) is 11.4. The number of rotatable bonds is 5. The minimum atomic E-state index is -0.569. The van der Waals surface area contributed by atoms with Crippen LogP contribution in [0, 0.1) is 15.9 Å². The van der Waals surface area contributed by atoms with E-state index in [9.17, 15) is 19.3 Å². The molecule has 1 N–H and O–H groups in total. The molecule has 3 heterocycles. The predicted molar refractivity (Wildman–Crippen MR) is 126 cm³/mol. The highest BCUT2D eigenvalue weighted by Crippen LogP contribution is 2.30. The van der Waals surface area contributed by atoms with Crippen LogP contribution in [0.1, 0.15) is 46.5 Å². The number of carbonyl (C=O) groups is 1. The third kappa shape index (κ3) is 5.47. The van der Waals surface area contributed by atoms with Crippen molar-refractivity contribution in [1.82, 2.24) is 24.3 Å². The number of hydrogen-bond acceptors (Lipinski definition) is 8. The van der Waals surface area contributed by atoms with Crippen LogP contribution in [0.2, 0.25) is 0 Å². The van der Waals surface area contributed by atoms with E-state index in [-0.39, 0.29) is 35.5 Å². The van der Waals surface area contributed by atoms with E-state index in [1.807, 2.05) is 20.8 Å². The van der Waals surface area contributed by atoms with Crippen molar-refractivity contribution in [2.75, 3.05) is 12.4 Å². The Morgan fingerprint density at radius 3 is 2.60 bits per heavy atom. The fraction of sp³-hybridized carbons (Fsp3) is 0.478. The summed E-state index contributed by atoms with van der Waals surface area (Å²) in [5.41, 5.74) is 0.104. The maximum Gasteiger partial charge on any atom is 0.410 e. The molecule has 12 heteroatoms. The topological polar surface area (TPSA) is 128 Å². The van der Waals surface area contributed by atoms with Crippen molar-refractivity contribution in [3.63, 3.8) is 0 Å². The molecule has 3 aromatic rings. The van der Waals surface area contributed by atoms with Gasteiger partial charge in [0.2, 0.25) is 5.82 Å². The Hall–Kier alpha value is -3.83. The van der Waals surface area contributed by atoms with E-state index < -0.39 is 16.3 Å². The zero-order valence-electron chi connectivity index (χ0n) is 20.1. The summed E-state index contributed by atoms with van der Waals surface area (Å²) in [7, 11) is 1.73. The van der Waals surface area contributed by atoms with Crippen molar-refractivity contribution in [2.24, 2.45) is 0 Å². The number of fused-ring (bicyclic) bond motifs is 1. The average Bonchev–Trinajstić information content (AvgIpc) is 3.20.